The first-order chi connectivity index (χ1) is 11.6. The van der Waals surface area contributed by atoms with Crippen LogP contribution in [0.3, 0.4) is 0 Å². The van der Waals surface area contributed by atoms with E-state index in [1.54, 1.807) is 21.8 Å². The Morgan fingerprint density at radius 3 is 2.67 bits per heavy atom. The summed E-state index contributed by atoms with van der Waals surface area (Å²) in [5.74, 6) is 1.49. The van der Waals surface area contributed by atoms with Gasteiger partial charge in [0, 0.05) is 19.0 Å². The molecule has 0 N–H and O–H groups in total. The minimum Gasteiger partial charge on any atom is -0.490 e. The van der Waals surface area contributed by atoms with Crippen molar-refractivity contribution in [2.45, 2.75) is 30.0 Å². The predicted molar refractivity (Wildman–Crippen MR) is 92.4 cm³/mol. The fraction of sp³-hybridized carbons (Fsp3) is 0.412. The van der Waals surface area contributed by atoms with E-state index in [0.717, 1.165) is 23.3 Å². The third-order valence-corrected chi connectivity index (χ3v) is 7.89. The Morgan fingerprint density at radius 2 is 1.96 bits per heavy atom. The van der Waals surface area contributed by atoms with Gasteiger partial charge in [-0.25, -0.2) is 8.42 Å². The molecule has 24 heavy (non-hydrogen) atoms. The molecule has 5 nitrogen and oxygen atoms in total. The van der Waals surface area contributed by atoms with Crippen molar-refractivity contribution in [3.63, 3.8) is 0 Å². The Balaban J connectivity index is 1.72. The molecule has 2 aliphatic rings. The molecule has 0 spiro atoms. The number of hydrogen-bond acceptors (Lipinski definition) is 5. The molecule has 0 amide bonds. The van der Waals surface area contributed by atoms with E-state index in [1.165, 1.54) is 11.3 Å². The van der Waals surface area contributed by atoms with Gasteiger partial charge in [-0.05, 0) is 48.1 Å². The summed E-state index contributed by atoms with van der Waals surface area (Å²) < 4.78 is 39.3. The summed E-state index contributed by atoms with van der Waals surface area (Å²) in [7, 11) is -3.46. The maximum absolute atomic E-state index is 12.9. The Labute approximate surface area is 145 Å². The Hall–Kier alpha value is -1.57. The molecular formula is C17H19NO4S2. The van der Waals surface area contributed by atoms with E-state index < -0.39 is 10.0 Å². The molecule has 0 saturated heterocycles. The van der Waals surface area contributed by atoms with Crippen molar-refractivity contribution in [2.24, 2.45) is 0 Å². The zero-order chi connectivity index (χ0) is 16.7. The number of nitrogens with zero attached hydrogens (tertiary/aromatic N) is 1. The van der Waals surface area contributed by atoms with Crippen molar-refractivity contribution < 1.29 is 17.9 Å². The quantitative estimate of drug-likeness (QED) is 0.820. The number of thiophene rings is 1. The van der Waals surface area contributed by atoms with Crippen LogP contribution in [0.5, 0.6) is 11.5 Å². The summed E-state index contributed by atoms with van der Waals surface area (Å²) in [6, 6.07) is 7.18. The van der Waals surface area contributed by atoms with Crippen LogP contribution in [0.15, 0.2) is 33.9 Å². The molecule has 7 heteroatoms. The predicted octanol–water partition coefficient (Wildman–Crippen LogP) is 3.22. The first kappa shape index (κ1) is 15.9. The molecule has 1 aromatic heterocycles. The second kappa shape index (κ2) is 6.06. The summed E-state index contributed by atoms with van der Waals surface area (Å²) in [4.78, 5) is 0. The molecule has 0 unspecified atom stereocenters. The Kier molecular flexibility index (Phi) is 4.02. The third-order valence-electron chi connectivity index (χ3n) is 4.55. The number of fused-ring (bicyclic) bond motifs is 2. The molecule has 1 aromatic carbocycles. The molecular weight excluding hydrogens is 346 g/mol. The largest absolute Gasteiger partial charge is 0.490 e. The molecule has 128 valence electrons. The average Bonchev–Trinajstić information content (AvgIpc) is 3.01. The van der Waals surface area contributed by atoms with Gasteiger partial charge in [0.1, 0.15) is 4.21 Å². The molecule has 0 bridgehead atoms. The van der Waals surface area contributed by atoms with Crippen LogP contribution in [0.2, 0.25) is 0 Å². The van der Waals surface area contributed by atoms with Crippen molar-refractivity contribution in [1.82, 2.24) is 4.31 Å². The van der Waals surface area contributed by atoms with Crippen molar-refractivity contribution in [1.29, 1.82) is 0 Å². The molecule has 3 heterocycles. The van der Waals surface area contributed by atoms with Crippen LogP contribution in [0.25, 0.3) is 0 Å². The molecule has 0 aliphatic carbocycles. The van der Waals surface area contributed by atoms with Crippen molar-refractivity contribution >= 4 is 21.4 Å². The highest BCUT2D eigenvalue weighted by Crippen LogP contribution is 2.41. The van der Waals surface area contributed by atoms with Gasteiger partial charge < -0.3 is 9.47 Å². The highest BCUT2D eigenvalue weighted by atomic mass is 32.2. The van der Waals surface area contributed by atoms with Gasteiger partial charge in [0.25, 0.3) is 10.0 Å². The van der Waals surface area contributed by atoms with Crippen LogP contribution >= 0.6 is 11.3 Å². The van der Waals surface area contributed by atoms with Crippen LogP contribution in [-0.2, 0) is 16.4 Å². The molecule has 0 radical (unpaired) electrons. The molecule has 2 aliphatic heterocycles. The first-order valence-corrected chi connectivity index (χ1v) is 10.4. The van der Waals surface area contributed by atoms with Crippen LogP contribution in [0.1, 0.15) is 30.5 Å². The summed E-state index contributed by atoms with van der Waals surface area (Å²) in [5.41, 5.74) is 2.15. The van der Waals surface area contributed by atoms with Crippen molar-refractivity contribution in [2.75, 3.05) is 19.8 Å². The van der Waals surface area contributed by atoms with Gasteiger partial charge in [-0.1, -0.05) is 6.07 Å². The van der Waals surface area contributed by atoms with Gasteiger partial charge in [0.05, 0.1) is 13.2 Å². The fourth-order valence-electron chi connectivity index (χ4n) is 3.31. The summed E-state index contributed by atoms with van der Waals surface area (Å²) >= 11 is 1.26. The van der Waals surface area contributed by atoms with E-state index in [4.69, 9.17) is 9.47 Å². The smallest absolute Gasteiger partial charge is 0.253 e. The van der Waals surface area contributed by atoms with Crippen LogP contribution in [0, 0.1) is 0 Å². The Morgan fingerprint density at radius 1 is 1.21 bits per heavy atom. The summed E-state index contributed by atoms with van der Waals surface area (Å²) in [6.07, 6.45) is 1.54. The van der Waals surface area contributed by atoms with Crippen LogP contribution in [-0.4, -0.2) is 32.5 Å². The fourth-order valence-corrected chi connectivity index (χ4v) is 6.04. The average molecular weight is 365 g/mol. The number of benzene rings is 1. The minimum atomic E-state index is -3.46. The zero-order valence-corrected chi connectivity index (χ0v) is 15.0. The molecule has 0 saturated carbocycles. The van der Waals surface area contributed by atoms with E-state index in [-0.39, 0.29) is 6.04 Å². The summed E-state index contributed by atoms with van der Waals surface area (Å²) in [6.45, 7) is 3.69. The maximum atomic E-state index is 12.9. The van der Waals surface area contributed by atoms with Crippen LogP contribution in [0.4, 0.5) is 0 Å². The van der Waals surface area contributed by atoms with E-state index in [9.17, 15) is 8.42 Å². The lowest BCUT2D eigenvalue weighted by Gasteiger charge is -2.34. The molecule has 2 aromatic rings. The van der Waals surface area contributed by atoms with E-state index >= 15 is 0 Å². The second-order valence-corrected chi connectivity index (χ2v) is 9.09. The van der Waals surface area contributed by atoms with Crippen molar-refractivity contribution in [3.8, 4) is 11.5 Å². The number of ether oxygens (including phenoxy) is 2. The Bertz CT molecular complexity index is 846. The lowest BCUT2D eigenvalue weighted by molar-refractivity contribution is 0.296. The second-order valence-electron chi connectivity index (χ2n) is 6.02. The number of rotatable bonds is 2. The van der Waals surface area contributed by atoms with Gasteiger partial charge in [-0.2, -0.15) is 4.31 Å². The minimum absolute atomic E-state index is 0.224. The highest BCUT2D eigenvalue weighted by Gasteiger charge is 2.35. The van der Waals surface area contributed by atoms with Crippen molar-refractivity contribution in [3.05, 3.63) is 40.8 Å². The van der Waals surface area contributed by atoms with E-state index in [2.05, 4.69) is 0 Å². The molecule has 4 rings (SSSR count). The number of sulfonamides is 1. The summed E-state index contributed by atoms with van der Waals surface area (Å²) in [5, 5.41) is 1.79. The number of hydrogen-bond donors (Lipinski definition) is 0. The van der Waals surface area contributed by atoms with Gasteiger partial charge in [-0.15, -0.1) is 11.3 Å². The van der Waals surface area contributed by atoms with Gasteiger partial charge in [0.2, 0.25) is 0 Å². The third kappa shape index (κ3) is 2.60. The molecule has 0 fully saturated rings. The first-order valence-electron chi connectivity index (χ1n) is 8.05. The van der Waals surface area contributed by atoms with Gasteiger partial charge in [-0.3, -0.25) is 0 Å². The van der Waals surface area contributed by atoms with Gasteiger partial charge in [0.15, 0.2) is 11.5 Å². The normalized spacial score (nSPS) is 21.1. The monoisotopic (exact) mass is 365 g/mol. The van der Waals surface area contributed by atoms with Crippen LogP contribution < -0.4 is 9.47 Å². The maximum Gasteiger partial charge on any atom is 0.253 e. The zero-order valence-electron chi connectivity index (χ0n) is 13.4. The lowest BCUT2D eigenvalue weighted by Crippen LogP contribution is -2.38. The van der Waals surface area contributed by atoms with E-state index in [1.807, 2.05) is 19.1 Å². The standard InChI is InChI=1S/C17H19NO4S2/c1-12-14-11-16-15(21-7-3-8-22-16)10-13(14)5-6-18(12)24(19,20)17-4-2-9-23-17/h2,4,9-12H,3,5-8H2,1H3/t12-/m0/s1. The SMILES string of the molecule is C[C@H]1c2cc3c(cc2CCN1S(=O)(=O)c1cccs1)OCCCO3. The topological polar surface area (TPSA) is 55.8 Å². The molecule has 1 atom stereocenters. The lowest BCUT2D eigenvalue weighted by atomic mass is 9.94. The van der Waals surface area contributed by atoms with E-state index in [0.29, 0.717) is 36.1 Å². The highest BCUT2D eigenvalue weighted by molar-refractivity contribution is 7.91. The van der Waals surface area contributed by atoms with Gasteiger partial charge >= 0.3 is 0 Å².